The molecule has 0 saturated carbocycles. The fraction of sp³-hybridized carbons (Fsp3) is 0.467. The van der Waals surface area contributed by atoms with E-state index >= 15 is 0 Å². The van der Waals surface area contributed by atoms with E-state index in [9.17, 15) is 13.2 Å². The summed E-state index contributed by atoms with van der Waals surface area (Å²) in [6, 6.07) is 2.25. The molecule has 27 heavy (non-hydrogen) atoms. The maximum atomic E-state index is 12.9. The van der Waals surface area contributed by atoms with Crippen LogP contribution in [-0.2, 0) is 19.8 Å². The van der Waals surface area contributed by atoms with Gasteiger partial charge in [-0.25, -0.2) is 15.0 Å². The summed E-state index contributed by atoms with van der Waals surface area (Å²) in [6.45, 7) is 3.50. The molecule has 12 heteroatoms. The van der Waals surface area contributed by atoms with E-state index in [-0.39, 0.29) is 36.3 Å². The number of pyridine rings is 1. The van der Waals surface area contributed by atoms with Crippen LogP contribution >= 0.6 is 24.0 Å². The second-order valence-corrected chi connectivity index (χ2v) is 5.25. The van der Waals surface area contributed by atoms with Crippen LogP contribution in [0.15, 0.2) is 29.6 Å². The van der Waals surface area contributed by atoms with Gasteiger partial charge < -0.3 is 16.0 Å². The van der Waals surface area contributed by atoms with E-state index < -0.39 is 11.7 Å². The average molecular weight is 498 g/mol. The third-order valence-electron chi connectivity index (χ3n) is 3.35. The summed E-state index contributed by atoms with van der Waals surface area (Å²) in [5, 5.41) is 12.8. The van der Waals surface area contributed by atoms with Gasteiger partial charge in [-0.15, -0.1) is 24.0 Å². The van der Waals surface area contributed by atoms with Crippen molar-refractivity contribution in [2.45, 2.75) is 19.6 Å². The van der Waals surface area contributed by atoms with Crippen LogP contribution in [0.3, 0.4) is 0 Å². The molecule has 0 saturated heterocycles. The zero-order valence-electron chi connectivity index (χ0n) is 14.9. The number of halogens is 4. The van der Waals surface area contributed by atoms with Crippen LogP contribution in [0.2, 0.25) is 0 Å². The number of guanidine groups is 1. The van der Waals surface area contributed by atoms with Gasteiger partial charge in [0.25, 0.3) is 0 Å². The molecule has 3 N–H and O–H groups in total. The van der Waals surface area contributed by atoms with Crippen molar-refractivity contribution in [3.05, 3.63) is 36.0 Å². The smallest absolute Gasteiger partial charge is 0.368 e. The largest absolute Gasteiger partial charge is 0.419 e. The average Bonchev–Trinajstić information content (AvgIpc) is 3.01. The number of anilines is 1. The van der Waals surface area contributed by atoms with Crippen molar-refractivity contribution in [2.75, 3.05) is 25.0 Å². The van der Waals surface area contributed by atoms with E-state index in [1.165, 1.54) is 18.6 Å². The van der Waals surface area contributed by atoms with E-state index in [0.29, 0.717) is 31.4 Å². The zero-order valence-corrected chi connectivity index (χ0v) is 17.2. The van der Waals surface area contributed by atoms with Gasteiger partial charge in [0.1, 0.15) is 24.5 Å². The topological polar surface area (TPSA) is 92.0 Å². The number of alkyl halides is 3. The highest BCUT2D eigenvalue weighted by Gasteiger charge is 2.33. The van der Waals surface area contributed by atoms with Crippen molar-refractivity contribution in [3.8, 4) is 0 Å². The number of hydrogen-bond acceptors (Lipinski definition) is 5. The lowest BCUT2D eigenvalue weighted by Gasteiger charge is -2.14. The van der Waals surface area contributed by atoms with E-state index in [0.717, 1.165) is 6.07 Å². The maximum Gasteiger partial charge on any atom is 0.419 e. The monoisotopic (exact) mass is 498 g/mol. The van der Waals surface area contributed by atoms with Crippen LogP contribution in [0, 0.1) is 0 Å². The first-order chi connectivity index (χ1) is 12.4. The Bertz CT molecular complexity index is 732. The number of rotatable bonds is 7. The van der Waals surface area contributed by atoms with Gasteiger partial charge in [0.15, 0.2) is 5.96 Å². The molecule has 0 bridgehead atoms. The summed E-state index contributed by atoms with van der Waals surface area (Å²) in [4.78, 5) is 12.2. The van der Waals surface area contributed by atoms with E-state index in [1.54, 1.807) is 11.7 Å². The molecule has 0 aliphatic rings. The Morgan fingerprint density at radius 3 is 2.63 bits per heavy atom. The normalized spacial score (nSPS) is 11.7. The molecule has 2 aromatic heterocycles. The molecule has 0 atom stereocenters. The molecule has 0 fully saturated rings. The number of hydrogen-bond donors (Lipinski definition) is 3. The Morgan fingerprint density at radius 1 is 1.22 bits per heavy atom. The van der Waals surface area contributed by atoms with Crippen LogP contribution in [-0.4, -0.2) is 45.3 Å². The molecular formula is C15H22F3IN8. The first-order valence-corrected chi connectivity index (χ1v) is 8.03. The fourth-order valence-electron chi connectivity index (χ4n) is 2.09. The van der Waals surface area contributed by atoms with Crippen molar-refractivity contribution < 1.29 is 13.2 Å². The molecule has 8 nitrogen and oxygen atoms in total. The molecule has 0 unspecified atom stereocenters. The summed E-state index contributed by atoms with van der Waals surface area (Å²) in [5.74, 6) is 1.04. The highest BCUT2D eigenvalue weighted by molar-refractivity contribution is 14.0. The summed E-state index contributed by atoms with van der Waals surface area (Å²) < 4.78 is 40.4. The van der Waals surface area contributed by atoms with Gasteiger partial charge in [0, 0.05) is 32.9 Å². The van der Waals surface area contributed by atoms with Gasteiger partial charge in [0.2, 0.25) is 0 Å². The Balaban J connectivity index is 0.00000364. The summed E-state index contributed by atoms with van der Waals surface area (Å²) in [7, 11) is 1.77. The number of nitrogens with one attached hydrogen (secondary N) is 3. The zero-order chi connectivity index (χ0) is 19.0. The quantitative estimate of drug-likeness (QED) is 0.234. The highest BCUT2D eigenvalue weighted by atomic mass is 127. The lowest BCUT2D eigenvalue weighted by molar-refractivity contribution is -0.137. The molecule has 0 aliphatic heterocycles. The van der Waals surface area contributed by atoms with Crippen molar-refractivity contribution in [3.63, 3.8) is 0 Å². The molecule has 0 aliphatic carbocycles. The molecule has 0 spiro atoms. The third kappa shape index (κ3) is 7.19. The predicted octanol–water partition coefficient (Wildman–Crippen LogP) is 2.01. The highest BCUT2D eigenvalue weighted by Crippen LogP contribution is 2.33. The maximum absolute atomic E-state index is 12.9. The van der Waals surface area contributed by atoms with Crippen molar-refractivity contribution >= 4 is 35.8 Å². The Morgan fingerprint density at radius 2 is 2.00 bits per heavy atom. The molecule has 2 aromatic rings. The third-order valence-corrected chi connectivity index (χ3v) is 3.35. The summed E-state index contributed by atoms with van der Waals surface area (Å²) in [6.07, 6.45) is -1.69. The van der Waals surface area contributed by atoms with Crippen LogP contribution in [0.1, 0.15) is 18.3 Å². The second-order valence-electron chi connectivity index (χ2n) is 5.25. The fourth-order valence-corrected chi connectivity index (χ4v) is 2.09. The lowest BCUT2D eigenvalue weighted by atomic mass is 10.2. The molecule has 0 radical (unpaired) electrons. The molecule has 0 amide bonds. The van der Waals surface area contributed by atoms with Gasteiger partial charge in [-0.2, -0.15) is 18.3 Å². The number of aromatic nitrogens is 4. The Hall–Kier alpha value is -2.12. The van der Waals surface area contributed by atoms with E-state index in [4.69, 9.17) is 0 Å². The number of nitrogens with zero attached hydrogens (tertiary/aromatic N) is 5. The van der Waals surface area contributed by atoms with Gasteiger partial charge in [-0.3, -0.25) is 4.68 Å². The molecular weight excluding hydrogens is 476 g/mol. The molecule has 150 valence electrons. The van der Waals surface area contributed by atoms with Gasteiger partial charge >= 0.3 is 6.18 Å². The molecule has 2 rings (SSSR count). The Labute approximate surface area is 172 Å². The minimum absolute atomic E-state index is 0. The van der Waals surface area contributed by atoms with E-state index in [2.05, 4.69) is 36.0 Å². The van der Waals surface area contributed by atoms with Crippen LogP contribution < -0.4 is 16.0 Å². The summed E-state index contributed by atoms with van der Waals surface area (Å²) >= 11 is 0. The van der Waals surface area contributed by atoms with Crippen LogP contribution in [0.5, 0.6) is 0 Å². The first-order valence-electron chi connectivity index (χ1n) is 8.03. The number of aliphatic imine (C=N–C) groups is 1. The molecule has 0 aromatic carbocycles. The van der Waals surface area contributed by atoms with Crippen LogP contribution in [0.4, 0.5) is 19.0 Å². The van der Waals surface area contributed by atoms with Crippen molar-refractivity contribution in [1.82, 2.24) is 30.4 Å². The van der Waals surface area contributed by atoms with E-state index in [1.807, 2.05) is 6.92 Å². The lowest BCUT2D eigenvalue weighted by Crippen LogP contribution is -2.39. The van der Waals surface area contributed by atoms with Crippen molar-refractivity contribution in [1.29, 1.82) is 0 Å². The molecule has 2 heterocycles. The number of aryl methyl sites for hydroxylation is 1. The SMILES string of the molecule is CCNC(=NCc1ncnn1C)NCCNc1ncccc1C(F)(F)F.I. The van der Waals surface area contributed by atoms with Crippen molar-refractivity contribution in [2.24, 2.45) is 12.0 Å². The van der Waals surface area contributed by atoms with Gasteiger partial charge in [0.05, 0.1) is 5.56 Å². The van der Waals surface area contributed by atoms with Crippen LogP contribution in [0.25, 0.3) is 0 Å². The summed E-state index contributed by atoms with van der Waals surface area (Å²) in [5.41, 5.74) is -0.789. The van der Waals surface area contributed by atoms with Gasteiger partial charge in [-0.1, -0.05) is 0 Å². The predicted molar refractivity (Wildman–Crippen MR) is 107 cm³/mol. The standard InChI is InChI=1S/C15H21F3N8.HI/c1-3-19-14(23-9-12-24-10-25-26(12)2)22-8-7-21-13-11(15(16,17)18)5-4-6-20-13;/h4-6,10H,3,7-9H2,1-2H3,(H,20,21)(H2,19,22,23);1H. The minimum Gasteiger partial charge on any atom is -0.368 e. The van der Waals surface area contributed by atoms with Gasteiger partial charge in [-0.05, 0) is 19.1 Å². The first kappa shape index (κ1) is 22.9. The second kappa shape index (κ2) is 10.9. The minimum atomic E-state index is -4.45. The Kier molecular flexibility index (Phi) is 9.25.